The Balaban J connectivity index is 0.00000924. The van der Waals surface area contributed by atoms with Crippen LogP contribution in [-0.4, -0.2) is 11.4 Å². The molecule has 2 aromatic carbocycles. The van der Waals surface area contributed by atoms with E-state index in [4.69, 9.17) is 9.98 Å². The second kappa shape index (κ2) is 24.7. The first-order valence-electron chi connectivity index (χ1n) is 18.0. The Hall–Kier alpha value is -1.56. The van der Waals surface area contributed by atoms with Crippen molar-refractivity contribution in [1.82, 2.24) is 0 Å². The molecule has 0 fully saturated rings. The van der Waals surface area contributed by atoms with Gasteiger partial charge in [0.15, 0.2) is 0 Å². The molecule has 0 aliphatic rings. The van der Waals surface area contributed by atoms with Gasteiger partial charge in [0, 0.05) is 20.4 Å². The molecular weight excluding hydrogens is 615 g/mol. The molecule has 0 aliphatic carbocycles. The largest absolute Gasteiger partial charge is 0.252 e. The van der Waals surface area contributed by atoms with Crippen LogP contribution in [0.15, 0.2) is 46.4 Å². The van der Waals surface area contributed by atoms with Gasteiger partial charge in [0.2, 0.25) is 0 Å². The van der Waals surface area contributed by atoms with E-state index in [9.17, 15) is 0 Å². The maximum Gasteiger partial charge on any atom is 0.0636 e. The Labute approximate surface area is 280 Å². The fourth-order valence-corrected chi connectivity index (χ4v) is 5.69. The first-order valence-corrected chi connectivity index (χ1v) is 18.0. The summed E-state index contributed by atoms with van der Waals surface area (Å²) in [5, 5.41) is 0. The van der Waals surface area contributed by atoms with Gasteiger partial charge in [-0.3, -0.25) is 9.98 Å². The quantitative estimate of drug-likeness (QED) is 0.0635. The minimum atomic E-state index is 0. The molecule has 244 valence electrons. The summed E-state index contributed by atoms with van der Waals surface area (Å²) in [5.74, 6) is 0. The third-order valence-corrected chi connectivity index (χ3v) is 8.47. The summed E-state index contributed by atoms with van der Waals surface area (Å²) in [6.07, 6.45) is 24.0. The number of benzene rings is 2. The summed E-state index contributed by atoms with van der Waals surface area (Å²) in [6.45, 7) is 13.7. The molecule has 0 bridgehead atoms. The molecule has 0 heterocycles. The van der Waals surface area contributed by atoms with E-state index < -0.39 is 0 Å². The van der Waals surface area contributed by atoms with Crippen molar-refractivity contribution >= 4 is 22.8 Å². The van der Waals surface area contributed by atoms with Gasteiger partial charge in [-0.05, 0) is 124 Å². The second-order valence-electron chi connectivity index (χ2n) is 12.4. The third-order valence-electron chi connectivity index (χ3n) is 8.47. The van der Waals surface area contributed by atoms with Crippen molar-refractivity contribution in [2.45, 2.75) is 170 Å². The SMILES string of the molecule is CCCCCCC(=Nc1ccc(CCCC)c(CCCC)c1)C(CCCC)=Nc1ccc(CCCC)c(CCCC)c1.[Pd]. The van der Waals surface area contributed by atoms with Crippen molar-refractivity contribution in [2.75, 3.05) is 0 Å². The van der Waals surface area contributed by atoms with Gasteiger partial charge in [-0.25, -0.2) is 0 Å². The van der Waals surface area contributed by atoms with Crippen LogP contribution in [0.3, 0.4) is 0 Å². The van der Waals surface area contributed by atoms with Gasteiger partial charge in [-0.2, -0.15) is 0 Å². The van der Waals surface area contributed by atoms with Gasteiger partial charge >= 0.3 is 0 Å². The second-order valence-corrected chi connectivity index (χ2v) is 12.4. The van der Waals surface area contributed by atoms with Crippen molar-refractivity contribution in [3.63, 3.8) is 0 Å². The van der Waals surface area contributed by atoms with Crippen molar-refractivity contribution in [2.24, 2.45) is 9.98 Å². The van der Waals surface area contributed by atoms with E-state index in [0.29, 0.717) is 0 Å². The molecule has 0 saturated carbocycles. The van der Waals surface area contributed by atoms with Crippen molar-refractivity contribution in [3.05, 3.63) is 58.7 Å². The average molecular weight is 679 g/mol. The number of hydrogen-bond donors (Lipinski definition) is 0. The number of rotatable bonds is 23. The molecule has 0 spiro atoms. The first kappa shape index (κ1) is 39.5. The van der Waals surface area contributed by atoms with Gasteiger partial charge in [0.25, 0.3) is 0 Å². The van der Waals surface area contributed by atoms with Crippen molar-refractivity contribution in [1.29, 1.82) is 0 Å². The van der Waals surface area contributed by atoms with E-state index in [1.54, 1.807) is 0 Å². The zero-order valence-electron chi connectivity index (χ0n) is 28.8. The number of aliphatic imine (C=N–C) groups is 2. The van der Waals surface area contributed by atoms with E-state index in [-0.39, 0.29) is 20.4 Å². The summed E-state index contributed by atoms with van der Waals surface area (Å²) in [6, 6.07) is 14.1. The predicted octanol–water partition coefficient (Wildman–Crippen LogP) is 13.1. The van der Waals surface area contributed by atoms with Gasteiger partial charge < -0.3 is 0 Å². The summed E-state index contributed by atoms with van der Waals surface area (Å²) in [5.41, 5.74) is 10.7. The Kier molecular flexibility index (Phi) is 22.7. The molecule has 0 aliphatic heterocycles. The standard InChI is InChI=1S/C40H64N2.Pd/c1-7-13-19-20-26-40(42-38-30-28-34(22-15-9-3)36(32-38)24-17-11-5)39(25-18-12-6)41-37-29-27-33(21-14-8-2)35(31-37)23-16-10-4;/h27-32H,7-26H2,1-6H3;. The fraction of sp³-hybridized carbons (Fsp3) is 0.650. The number of hydrogen-bond acceptors (Lipinski definition) is 2. The number of aryl methyl sites for hydroxylation is 4. The van der Waals surface area contributed by atoms with Crippen LogP contribution in [0.4, 0.5) is 11.4 Å². The Bertz CT molecular complexity index is 1070. The molecule has 3 heteroatoms. The summed E-state index contributed by atoms with van der Waals surface area (Å²) >= 11 is 0. The van der Waals surface area contributed by atoms with Crippen LogP contribution in [-0.2, 0) is 46.1 Å². The smallest absolute Gasteiger partial charge is 0.0636 e. The topological polar surface area (TPSA) is 24.7 Å². The summed E-state index contributed by atoms with van der Waals surface area (Å²) < 4.78 is 0. The normalized spacial score (nSPS) is 12.0. The minimum Gasteiger partial charge on any atom is -0.252 e. The molecule has 0 N–H and O–H groups in total. The van der Waals surface area contributed by atoms with Crippen LogP contribution in [0.2, 0.25) is 0 Å². The Morgan fingerprint density at radius 3 is 1.19 bits per heavy atom. The molecule has 43 heavy (non-hydrogen) atoms. The van der Waals surface area contributed by atoms with Crippen LogP contribution in [0.5, 0.6) is 0 Å². The molecule has 0 radical (unpaired) electrons. The minimum absolute atomic E-state index is 0. The van der Waals surface area contributed by atoms with E-state index in [1.165, 1.54) is 130 Å². The Morgan fingerprint density at radius 1 is 0.419 bits per heavy atom. The van der Waals surface area contributed by atoms with E-state index in [1.807, 2.05) is 0 Å². The fourth-order valence-electron chi connectivity index (χ4n) is 5.69. The Morgan fingerprint density at radius 2 is 0.791 bits per heavy atom. The molecule has 0 saturated heterocycles. The van der Waals surface area contributed by atoms with Crippen LogP contribution < -0.4 is 0 Å². The molecule has 2 rings (SSSR count). The van der Waals surface area contributed by atoms with Crippen LogP contribution in [0, 0.1) is 0 Å². The molecule has 2 aromatic rings. The van der Waals surface area contributed by atoms with Crippen LogP contribution >= 0.6 is 0 Å². The monoisotopic (exact) mass is 678 g/mol. The molecule has 2 nitrogen and oxygen atoms in total. The molecule has 0 atom stereocenters. The predicted molar refractivity (Wildman–Crippen MR) is 190 cm³/mol. The van der Waals surface area contributed by atoms with Gasteiger partial charge in [-0.15, -0.1) is 0 Å². The van der Waals surface area contributed by atoms with E-state index >= 15 is 0 Å². The van der Waals surface area contributed by atoms with Crippen LogP contribution in [0.25, 0.3) is 0 Å². The maximum atomic E-state index is 5.41. The summed E-state index contributed by atoms with van der Waals surface area (Å²) in [7, 11) is 0. The van der Waals surface area contributed by atoms with Crippen molar-refractivity contribution in [3.8, 4) is 0 Å². The van der Waals surface area contributed by atoms with Gasteiger partial charge in [0.05, 0.1) is 22.8 Å². The van der Waals surface area contributed by atoms with Gasteiger partial charge in [0.1, 0.15) is 0 Å². The van der Waals surface area contributed by atoms with E-state index in [0.717, 1.165) is 43.5 Å². The summed E-state index contributed by atoms with van der Waals surface area (Å²) in [4.78, 5) is 10.8. The third kappa shape index (κ3) is 15.3. The van der Waals surface area contributed by atoms with Gasteiger partial charge in [-0.1, -0.05) is 105 Å². The average Bonchev–Trinajstić information content (AvgIpc) is 3.01. The molecule has 0 amide bonds. The molecular formula is C40H64N2Pd. The number of unbranched alkanes of at least 4 members (excludes halogenated alkanes) is 8. The zero-order valence-corrected chi connectivity index (χ0v) is 30.4. The van der Waals surface area contributed by atoms with Crippen LogP contribution in [0.1, 0.15) is 167 Å². The van der Waals surface area contributed by atoms with E-state index in [2.05, 4.69) is 77.9 Å². The molecule has 0 unspecified atom stereocenters. The maximum absolute atomic E-state index is 5.41. The van der Waals surface area contributed by atoms with Crippen molar-refractivity contribution < 1.29 is 20.4 Å². The zero-order chi connectivity index (χ0) is 30.4. The number of nitrogens with zero attached hydrogens (tertiary/aromatic N) is 2. The first-order chi connectivity index (χ1) is 20.6. The molecule has 0 aromatic heterocycles.